The first-order chi connectivity index (χ1) is 11.2. The molecule has 5 heteroatoms. The number of amides is 1. The summed E-state index contributed by atoms with van der Waals surface area (Å²) in [6, 6.07) is 8.98. The van der Waals surface area contributed by atoms with Crippen molar-refractivity contribution in [3.8, 4) is 6.07 Å². The van der Waals surface area contributed by atoms with Gasteiger partial charge in [0.25, 0.3) is 5.91 Å². The van der Waals surface area contributed by atoms with E-state index >= 15 is 0 Å². The third-order valence-electron chi connectivity index (χ3n) is 4.05. The number of aryl methyl sites for hydroxylation is 2. The van der Waals surface area contributed by atoms with Crippen molar-refractivity contribution in [2.45, 2.75) is 32.2 Å². The van der Waals surface area contributed by atoms with E-state index in [1.165, 1.54) is 24.0 Å². The van der Waals surface area contributed by atoms with E-state index in [9.17, 15) is 4.79 Å². The Bertz CT molecular complexity index is 795. The minimum Gasteiger partial charge on any atom is -0.319 e. The molecule has 0 atom stereocenters. The Morgan fingerprint density at radius 2 is 2.04 bits per heavy atom. The highest BCUT2D eigenvalue weighted by molar-refractivity contribution is 6.31. The number of hydrogen-bond donors (Lipinski definition) is 1. The van der Waals surface area contributed by atoms with Crippen molar-refractivity contribution in [2.24, 2.45) is 0 Å². The van der Waals surface area contributed by atoms with Crippen LogP contribution < -0.4 is 9.88 Å². The molecule has 0 saturated heterocycles. The summed E-state index contributed by atoms with van der Waals surface area (Å²) in [4.78, 5) is 12.2. The van der Waals surface area contributed by atoms with Crippen LogP contribution in [0.25, 0.3) is 0 Å². The first-order valence-electron chi connectivity index (χ1n) is 7.66. The third-order valence-corrected chi connectivity index (χ3v) is 4.28. The number of nitrogens with zero attached hydrogens (tertiary/aromatic N) is 2. The number of anilines is 1. The highest BCUT2D eigenvalue weighted by atomic mass is 35.5. The van der Waals surface area contributed by atoms with Crippen molar-refractivity contribution < 1.29 is 9.36 Å². The molecule has 116 valence electrons. The molecule has 3 rings (SSSR count). The first-order valence-corrected chi connectivity index (χ1v) is 8.04. The molecule has 1 N–H and O–H groups in total. The molecule has 0 aliphatic heterocycles. The lowest BCUT2D eigenvalue weighted by atomic mass is 9.93. The number of halogens is 1. The summed E-state index contributed by atoms with van der Waals surface area (Å²) in [5.74, 6) is -0.176. The molecule has 1 amide bonds. The maximum absolute atomic E-state index is 12.2. The van der Waals surface area contributed by atoms with E-state index in [-0.39, 0.29) is 12.5 Å². The second kappa shape index (κ2) is 6.80. The normalized spacial score (nSPS) is 13.0. The molecule has 2 aromatic rings. The van der Waals surface area contributed by atoms with Gasteiger partial charge in [-0.15, -0.1) is 0 Å². The molecular weight excluding hydrogens is 310 g/mol. The zero-order valence-electron chi connectivity index (χ0n) is 12.7. The summed E-state index contributed by atoms with van der Waals surface area (Å²) in [7, 11) is 0. The molecule has 0 saturated carbocycles. The molecule has 0 unspecified atom stereocenters. The van der Waals surface area contributed by atoms with Crippen molar-refractivity contribution in [2.75, 3.05) is 5.32 Å². The van der Waals surface area contributed by atoms with E-state index in [0.717, 1.165) is 12.8 Å². The first kappa shape index (κ1) is 15.5. The monoisotopic (exact) mass is 326 g/mol. The highest BCUT2D eigenvalue weighted by Gasteiger charge is 2.16. The van der Waals surface area contributed by atoms with Gasteiger partial charge in [0.1, 0.15) is 6.07 Å². The van der Waals surface area contributed by atoms with E-state index in [1.807, 2.05) is 10.8 Å². The van der Waals surface area contributed by atoms with Crippen LogP contribution in [0.4, 0.5) is 5.69 Å². The van der Waals surface area contributed by atoms with Gasteiger partial charge in [-0.05, 0) is 49.4 Å². The van der Waals surface area contributed by atoms with Crippen LogP contribution in [0, 0.1) is 11.3 Å². The van der Waals surface area contributed by atoms with Crippen LogP contribution in [0.5, 0.6) is 0 Å². The van der Waals surface area contributed by atoms with E-state index in [4.69, 9.17) is 16.9 Å². The number of carbonyl (C=O) groups is 1. The largest absolute Gasteiger partial charge is 0.319 e. The maximum atomic E-state index is 12.2. The minimum atomic E-state index is -0.176. The number of rotatable bonds is 3. The van der Waals surface area contributed by atoms with Crippen LogP contribution >= 0.6 is 11.6 Å². The van der Waals surface area contributed by atoms with Gasteiger partial charge in [0, 0.05) is 16.7 Å². The number of fused-ring (bicyclic) bond motifs is 1. The predicted molar refractivity (Wildman–Crippen MR) is 88.1 cm³/mol. The van der Waals surface area contributed by atoms with E-state index < -0.39 is 0 Å². The summed E-state index contributed by atoms with van der Waals surface area (Å²) in [5.41, 5.74) is 3.56. The number of hydrogen-bond acceptors (Lipinski definition) is 2. The maximum Gasteiger partial charge on any atom is 0.290 e. The molecule has 0 spiro atoms. The Balaban J connectivity index is 1.73. The number of carbonyl (C=O) groups excluding carboxylic acids is 1. The summed E-state index contributed by atoms with van der Waals surface area (Å²) in [5, 5.41) is 12.3. The molecule has 1 aliphatic carbocycles. The molecule has 1 heterocycles. The fourth-order valence-corrected chi connectivity index (χ4v) is 3.06. The summed E-state index contributed by atoms with van der Waals surface area (Å²) in [6.45, 7) is 0.213. The van der Waals surface area contributed by atoms with Gasteiger partial charge in [-0.1, -0.05) is 11.6 Å². The lowest BCUT2D eigenvalue weighted by molar-refractivity contribution is -0.684. The molecule has 4 nitrogen and oxygen atoms in total. The predicted octanol–water partition coefficient (Wildman–Crippen LogP) is 3.02. The molecule has 1 aromatic heterocycles. The standard InChI is InChI=1S/C18H16ClN3O/c19-16-6-5-14(10-20)17(9-16)21-18(23)12-22-8-7-13-3-1-2-4-15(13)11-22/h5-9,11H,1-4,12H2/p+1. The molecule has 1 aliphatic rings. The van der Waals surface area contributed by atoms with Gasteiger partial charge in [0.15, 0.2) is 12.4 Å². The van der Waals surface area contributed by atoms with Crippen LogP contribution in [-0.4, -0.2) is 5.91 Å². The zero-order valence-corrected chi connectivity index (χ0v) is 13.4. The van der Waals surface area contributed by atoms with Crippen molar-refractivity contribution in [3.05, 3.63) is 58.4 Å². The Hall–Kier alpha value is -2.38. The lowest BCUT2D eigenvalue weighted by Crippen LogP contribution is -2.40. The van der Waals surface area contributed by atoms with Gasteiger partial charge in [-0.2, -0.15) is 9.83 Å². The number of aromatic nitrogens is 1. The minimum absolute atomic E-state index is 0.176. The van der Waals surface area contributed by atoms with E-state index in [1.54, 1.807) is 18.2 Å². The van der Waals surface area contributed by atoms with Crippen LogP contribution in [0.1, 0.15) is 29.5 Å². The van der Waals surface area contributed by atoms with E-state index in [2.05, 4.69) is 23.6 Å². The average molecular weight is 327 g/mol. The second-order valence-electron chi connectivity index (χ2n) is 5.72. The van der Waals surface area contributed by atoms with Gasteiger partial charge in [0.05, 0.1) is 11.3 Å². The van der Waals surface area contributed by atoms with Gasteiger partial charge in [0.2, 0.25) is 6.54 Å². The Morgan fingerprint density at radius 3 is 2.83 bits per heavy atom. The second-order valence-corrected chi connectivity index (χ2v) is 6.16. The van der Waals surface area contributed by atoms with Crippen LogP contribution in [0.15, 0.2) is 36.7 Å². The van der Waals surface area contributed by atoms with Gasteiger partial charge >= 0.3 is 0 Å². The van der Waals surface area contributed by atoms with E-state index in [0.29, 0.717) is 16.3 Å². The SMILES string of the molecule is N#Cc1ccc(Cl)cc1NC(=O)C[n+]1ccc2c(c1)CCCC2. The third kappa shape index (κ3) is 3.69. The quantitative estimate of drug-likeness (QED) is 0.881. The number of pyridine rings is 1. The summed E-state index contributed by atoms with van der Waals surface area (Å²) in [6.07, 6.45) is 8.63. The van der Waals surface area contributed by atoms with Crippen LogP contribution in [0.3, 0.4) is 0 Å². The fourth-order valence-electron chi connectivity index (χ4n) is 2.89. The number of nitriles is 1. The smallest absolute Gasteiger partial charge is 0.290 e. The molecular formula is C18H17ClN3O+. The Morgan fingerprint density at radius 1 is 1.26 bits per heavy atom. The average Bonchev–Trinajstić information content (AvgIpc) is 2.55. The molecule has 0 fully saturated rings. The molecule has 23 heavy (non-hydrogen) atoms. The molecule has 1 aromatic carbocycles. The van der Waals surface area contributed by atoms with Crippen molar-refractivity contribution in [1.29, 1.82) is 5.26 Å². The van der Waals surface area contributed by atoms with Gasteiger partial charge < -0.3 is 5.32 Å². The van der Waals surface area contributed by atoms with Crippen LogP contribution in [-0.2, 0) is 24.2 Å². The Labute approximate surface area is 140 Å². The Kier molecular flexibility index (Phi) is 4.59. The highest BCUT2D eigenvalue weighted by Crippen LogP contribution is 2.21. The molecule has 0 radical (unpaired) electrons. The summed E-state index contributed by atoms with van der Waals surface area (Å²) < 4.78 is 1.89. The fraction of sp³-hybridized carbons (Fsp3) is 0.278. The zero-order chi connectivity index (χ0) is 16.2. The van der Waals surface area contributed by atoms with Crippen molar-refractivity contribution >= 4 is 23.2 Å². The van der Waals surface area contributed by atoms with Gasteiger partial charge in [-0.3, -0.25) is 4.79 Å². The molecule has 0 bridgehead atoms. The lowest BCUT2D eigenvalue weighted by Gasteiger charge is -2.13. The van der Waals surface area contributed by atoms with Gasteiger partial charge in [-0.25, -0.2) is 0 Å². The summed E-state index contributed by atoms with van der Waals surface area (Å²) >= 11 is 5.93. The van der Waals surface area contributed by atoms with Crippen molar-refractivity contribution in [3.63, 3.8) is 0 Å². The van der Waals surface area contributed by atoms with Crippen molar-refractivity contribution in [1.82, 2.24) is 0 Å². The number of nitrogens with one attached hydrogen (secondary N) is 1. The topological polar surface area (TPSA) is 56.8 Å². The number of benzene rings is 1. The van der Waals surface area contributed by atoms with Crippen LogP contribution in [0.2, 0.25) is 5.02 Å².